The van der Waals surface area contributed by atoms with Gasteiger partial charge in [0.2, 0.25) is 0 Å². The number of rotatable bonds is 3. The smallest absolute Gasteiger partial charge is 0.340 e. The molecule has 100 valence electrons. The Bertz CT molecular complexity index is 436. The zero-order valence-electron chi connectivity index (χ0n) is 11.7. The van der Waals surface area contributed by atoms with Gasteiger partial charge in [0.1, 0.15) is 0 Å². The van der Waals surface area contributed by atoms with Crippen molar-refractivity contribution in [2.24, 2.45) is 5.41 Å². The fraction of sp³-hybridized carbons (Fsp3) is 0.500. The Labute approximate surface area is 109 Å². The fourth-order valence-corrected chi connectivity index (χ4v) is 1.43. The molecule has 0 fully saturated rings. The number of anilines is 2. The van der Waals surface area contributed by atoms with E-state index >= 15 is 0 Å². The minimum Gasteiger partial charge on any atom is -0.465 e. The highest BCUT2D eigenvalue weighted by Gasteiger charge is 2.21. The number of ether oxygens (including phenoxy) is 1. The molecule has 0 amide bonds. The quantitative estimate of drug-likeness (QED) is 0.639. The first-order valence-electron chi connectivity index (χ1n) is 6.00. The van der Waals surface area contributed by atoms with Gasteiger partial charge in [-0.3, -0.25) is 0 Å². The van der Waals surface area contributed by atoms with Gasteiger partial charge in [0, 0.05) is 6.04 Å². The number of nitrogen functional groups attached to an aromatic ring is 1. The van der Waals surface area contributed by atoms with Gasteiger partial charge in [-0.25, -0.2) is 4.79 Å². The lowest BCUT2D eigenvalue weighted by Crippen LogP contribution is -2.31. The number of hydrogen-bond acceptors (Lipinski definition) is 4. The molecule has 1 aromatic carbocycles. The van der Waals surface area contributed by atoms with E-state index in [0.717, 1.165) is 5.69 Å². The summed E-state index contributed by atoms with van der Waals surface area (Å²) in [6.45, 7) is 8.52. The largest absolute Gasteiger partial charge is 0.465 e. The molecule has 0 saturated heterocycles. The average Bonchev–Trinajstić information content (AvgIpc) is 2.29. The third-order valence-electron chi connectivity index (χ3n) is 3.18. The first-order valence-corrected chi connectivity index (χ1v) is 6.00. The predicted octanol–water partition coefficient (Wildman–Crippen LogP) is 2.90. The molecule has 1 atom stereocenters. The van der Waals surface area contributed by atoms with Gasteiger partial charge in [0.15, 0.2) is 0 Å². The zero-order chi connectivity index (χ0) is 13.9. The SMILES string of the molecule is COC(=O)c1cccc(NC(C)C(C)(C)C)c1N. The zero-order valence-corrected chi connectivity index (χ0v) is 11.7. The van der Waals surface area contributed by atoms with E-state index in [4.69, 9.17) is 10.5 Å². The molecular formula is C14H22N2O2. The van der Waals surface area contributed by atoms with Crippen LogP contribution < -0.4 is 11.1 Å². The van der Waals surface area contributed by atoms with E-state index < -0.39 is 5.97 Å². The molecule has 0 bridgehead atoms. The molecule has 0 saturated carbocycles. The molecule has 0 aliphatic rings. The summed E-state index contributed by atoms with van der Waals surface area (Å²) in [6, 6.07) is 5.55. The average molecular weight is 250 g/mol. The Balaban J connectivity index is 3.01. The van der Waals surface area contributed by atoms with Crippen LogP contribution in [-0.2, 0) is 4.74 Å². The molecule has 4 heteroatoms. The number of hydrogen-bond donors (Lipinski definition) is 2. The summed E-state index contributed by atoms with van der Waals surface area (Å²) in [7, 11) is 1.35. The van der Waals surface area contributed by atoms with Crippen molar-refractivity contribution in [3.63, 3.8) is 0 Å². The molecular weight excluding hydrogens is 228 g/mol. The molecule has 0 aliphatic heterocycles. The van der Waals surface area contributed by atoms with Crippen LogP contribution in [-0.4, -0.2) is 19.1 Å². The summed E-state index contributed by atoms with van der Waals surface area (Å²) in [5.74, 6) is -0.417. The monoisotopic (exact) mass is 250 g/mol. The van der Waals surface area contributed by atoms with Gasteiger partial charge in [-0.1, -0.05) is 26.8 Å². The first kappa shape index (κ1) is 14.4. The van der Waals surface area contributed by atoms with Gasteiger partial charge in [0.05, 0.1) is 24.0 Å². The van der Waals surface area contributed by atoms with Crippen molar-refractivity contribution in [1.29, 1.82) is 0 Å². The molecule has 0 heterocycles. The molecule has 3 N–H and O–H groups in total. The maximum Gasteiger partial charge on any atom is 0.340 e. The molecule has 4 nitrogen and oxygen atoms in total. The number of nitrogens with two attached hydrogens (primary N) is 1. The highest BCUT2D eigenvalue weighted by atomic mass is 16.5. The molecule has 0 aromatic heterocycles. The number of methoxy groups -OCH3 is 1. The summed E-state index contributed by atoms with van der Waals surface area (Å²) >= 11 is 0. The second kappa shape index (κ2) is 5.29. The second-order valence-electron chi connectivity index (χ2n) is 5.49. The summed E-state index contributed by atoms with van der Waals surface area (Å²) in [6.07, 6.45) is 0. The fourth-order valence-electron chi connectivity index (χ4n) is 1.43. The maximum absolute atomic E-state index is 11.5. The van der Waals surface area contributed by atoms with E-state index in [2.05, 4.69) is 33.0 Å². The lowest BCUT2D eigenvalue weighted by atomic mass is 9.88. The van der Waals surface area contributed by atoms with E-state index in [1.807, 2.05) is 6.07 Å². The van der Waals surface area contributed by atoms with Gasteiger partial charge >= 0.3 is 5.97 Å². The van der Waals surface area contributed by atoms with E-state index in [9.17, 15) is 4.79 Å². The van der Waals surface area contributed by atoms with Crippen LogP contribution in [0.4, 0.5) is 11.4 Å². The normalized spacial score (nSPS) is 12.9. The van der Waals surface area contributed by atoms with Crippen LogP contribution in [0.25, 0.3) is 0 Å². The third kappa shape index (κ3) is 3.15. The van der Waals surface area contributed by atoms with Crippen molar-refractivity contribution in [3.8, 4) is 0 Å². The Morgan fingerprint density at radius 2 is 2.00 bits per heavy atom. The third-order valence-corrected chi connectivity index (χ3v) is 3.18. The summed E-state index contributed by atoms with van der Waals surface area (Å²) < 4.78 is 4.70. The van der Waals surface area contributed by atoms with Crippen LogP contribution in [0.1, 0.15) is 38.1 Å². The highest BCUT2D eigenvalue weighted by Crippen LogP contribution is 2.28. The van der Waals surface area contributed by atoms with Crippen molar-refractivity contribution in [3.05, 3.63) is 23.8 Å². The topological polar surface area (TPSA) is 64.3 Å². The van der Waals surface area contributed by atoms with E-state index in [1.54, 1.807) is 12.1 Å². The first-order chi connectivity index (χ1) is 8.27. The van der Waals surface area contributed by atoms with Gasteiger partial charge < -0.3 is 15.8 Å². The lowest BCUT2D eigenvalue weighted by Gasteiger charge is -2.29. The van der Waals surface area contributed by atoms with Crippen molar-refractivity contribution in [2.75, 3.05) is 18.2 Å². The summed E-state index contributed by atoms with van der Waals surface area (Å²) in [5, 5.41) is 3.34. The molecule has 18 heavy (non-hydrogen) atoms. The number of carbonyl (C=O) groups is 1. The minimum atomic E-state index is -0.417. The van der Waals surface area contributed by atoms with Crippen LogP contribution in [0.3, 0.4) is 0 Å². The van der Waals surface area contributed by atoms with E-state index in [0.29, 0.717) is 11.3 Å². The van der Waals surface area contributed by atoms with Gasteiger partial charge in [-0.15, -0.1) is 0 Å². The highest BCUT2D eigenvalue weighted by molar-refractivity contribution is 5.98. The van der Waals surface area contributed by atoms with Gasteiger partial charge in [-0.05, 0) is 24.5 Å². The number of nitrogens with one attached hydrogen (secondary N) is 1. The summed E-state index contributed by atoms with van der Waals surface area (Å²) in [4.78, 5) is 11.5. The summed E-state index contributed by atoms with van der Waals surface area (Å²) in [5.41, 5.74) is 7.68. The standard InChI is InChI=1S/C14H22N2O2/c1-9(14(2,3)4)16-11-8-6-7-10(12(11)15)13(17)18-5/h6-9,16H,15H2,1-5H3. The molecule has 0 radical (unpaired) electrons. The Kier molecular flexibility index (Phi) is 4.22. The Hall–Kier alpha value is -1.71. The van der Waals surface area contributed by atoms with Crippen molar-refractivity contribution < 1.29 is 9.53 Å². The number of para-hydroxylation sites is 1. The molecule has 1 unspecified atom stereocenters. The number of esters is 1. The number of benzene rings is 1. The van der Waals surface area contributed by atoms with Gasteiger partial charge in [-0.2, -0.15) is 0 Å². The molecule has 0 spiro atoms. The molecule has 1 aromatic rings. The van der Waals surface area contributed by atoms with Crippen molar-refractivity contribution in [1.82, 2.24) is 0 Å². The van der Waals surface area contributed by atoms with Crippen LogP contribution in [0.5, 0.6) is 0 Å². The van der Waals surface area contributed by atoms with Crippen LogP contribution >= 0.6 is 0 Å². The molecule has 0 aliphatic carbocycles. The van der Waals surface area contributed by atoms with Crippen LogP contribution in [0.2, 0.25) is 0 Å². The lowest BCUT2D eigenvalue weighted by molar-refractivity contribution is 0.0602. The molecule has 1 rings (SSSR count). The number of carbonyl (C=O) groups excluding carboxylic acids is 1. The van der Waals surface area contributed by atoms with Crippen molar-refractivity contribution in [2.45, 2.75) is 33.7 Å². The predicted molar refractivity (Wildman–Crippen MR) is 74.7 cm³/mol. The second-order valence-corrected chi connectivity index (χ2v) is 5.49. The maximum atomic E-state index is 11.5. The van der Waals surface area contributed by atoms with Gasteiger partial charge in [0.25, 0.3) is 0 Å². The Morgan fingerprint density at radius 3 is 2.50 bits per heavy atom. The van der Waals surface area contributed by atoms with E-state index in [-0.39, 0.29) is 11.5 Å². The Morgan fingerprint density at radius 1 is 1.39 bits per heavy atom. The minimum absolute atomic E-state index is 0.105. The van der Waals surface area contributed by atoms with Crippen LogP contribution in [0.15, 0.2) is 18.2 Å². The van der Waals surface area contributed by atoms with Crippen molar-refractivity contribution >= 4 is 17.3 Å². The van der Waals surface area contributed by atoms with Crippen LogP contribution in [0, 0.1) is 5.41 Å². The van der Waals surface area contributed by atoms with E-state index in [1.165, 1.54) is 7.11 Å².